The molecule has 3 heterocycles. The zero-order valence-corrected chi connectivity index (χ0v) is 13.8. The molecule has 3 aliphatic heterocycles. The molecular weight excluding hydrogens is 330 g/mol. The Morgan fingerprint density at radius 3 is 2.83 bits per heavy atom. The quantitative estimate of drug-likeness (QED) is 0.640. The highest BCUT2D eigenvalue weighted by Gasteiger charge is 2.32. The van der Waals surface area contributed by atoms with E-state index in [4.69, 9.17) is 26.4 Å². The second kappa shape index (κ2) is 6.39. The van der Waals surface area contributed by atoms with Crippen molar-refractivity contribution in [3.63, 3.8) is 0 Å². The molecule has 0 aromatic heterocycles. The Hall–Kier alpha value is -2.16. The van der Waals surface area contributed by atoms with E-state index in [1.807, 2.05) is 18.2 Å². The number of carbonyl (C=O) groups is 1. The standard InChI is InChI=1S/C16H17N3O4S/c20-15-12(7-11-1-2-13-14(8-11)23-10-22-13)17-16(24)19(15)9-18-3-5-21-6-4-18/h1-2,7-8H,3-6,9-10H2,(H,17,24). The van der Waals surface area contributed by atoms with E-state index in [1.165, 1.54) is 0 Å². The van der Waals surface area contributed by atoms with Crippen LogP contribution in [0.5, 0.6) is 11.5 Å². The second-order valence-electron chi connectivity index (χ2n) is 5.71. The van der Waals surface area contributed by atoms with Gasteiger partial charge in [0.1, 0.15) is 5.70 Å². The Balaban J connectivity index is 1.50. The third-order valence-electron chi connectivity index (χ3n) is 4.12. The van der Waals surface area contributed by atoms with E-state index in [-0.39, 0.29) is 12.7 Å². The van der Waals surface area contributed by atoms with Crippen LogP contribution in [-0.2, 0) is 9.53 Å². The molecular formula is C16H17N3O4S. The van der Waals surface area contributed by atoms with Crippen LogP contribution in [0.1, 0.15) is 5.56 Å². The molecule has 8 heteroatoms. The molecule has 0 saturated carbocycles. The number of thiocarbonyl (C=S) groups is 1. The maximum Gasteiger partial charge on any atom is 0.277 e. The summed E-state index contributed by atoms with van der Waals surface area (Å²) in [5.74, 6) is 1.28. The van der Waals surface area contributed by atoms with Crippen molar-refractivity contribution in [2.45, 2.75) is 0 Å². The zero-order chi connectivity index (χ0) is 16.5. The van der Waals surface area contributed by atoms with Gasteiger partial charge < -0.3 is 19.5 Å². The van der Waals surface area contributed by atoms with Gasteiger partial charge in [-0.15, -0.1) is 0 Å². The first kappa shape index (κ1) is 15.4. The van der Waals surface area contributed by atoms with Crippen LogP contribution in [0.15, 0.2) is 23.9 Å². The third kappa shape index (κ3) is 2.95. The predicted molar refractivity (Wildman–Crippen MR) is 90.4 cm³/mol. The Bertz CT molecular complexity index is 715. The number of amides is 1. The zero-order valence-electron chi connectivity index (χ0n) is 13.0. The largest absolute Gasteiger partial charge is 0.454 e. The van der Waals surface area contributed by atoms with Crippen molar-refractivity contribution in [1.82, 2.24) is 15.1 Å². The van der Waals surface area contributed by atoms with Gasteiger partial charge in [0.2, 0.25) is 6.79 Å². The number of nitrogens with one attached hydrogen (secondary N) is 1. The lowest BCUT2D eigenvalue weighted by Gasteiger charge is -2.29. The number of nitrogens with zero attached hydrogens (tertiary/aromatic N) is 2. The average Bonchev–Trinajstić information content (AvgIpc) is 3.16. The van der Waals surface area contributed by atoms with Crippen molar-refractivity contribution >= 4 is 29.3 Å². The minimum atomic E-state index is -0.121. The van der Waals surface area contributed by atoms with Crippen molar-refractivity contribution < 1.29 is 19.0 Å². The Labute approximate surface area is 144 Å². The number of rotatable bonds is 3. The summed E-state index contributed by atoms with van der Waals surface area (Å²) in [7, 11) is 0. The highest BCUT2D eigenvalue weighted by atomic mass is 32.1. The predicted octanol–water partition coefficient (Wildman–Crippen LogP) is 0.763. The second-order valence-corrected chi connectivity index (χ2v) is 6.09. The fourth-order valence-electron chi connectivity index (χ4n) is 2.81. The van der Waals surface area contributed by atoms with Crippen LogP contribution in [0.3, 0.4) is 0 Å². The van der Waals surface area contributed by atoms with Crippen LogP contribution in [-0.4, -0.2) is 60.6 Å². The molecule has 2 saturated heterocycles. The van der Waals surface area contributed by atoms with Crippen molar-refractivity contribution in [2.75, 3.05) is 39.8 Å². The molecule has 126 valence electrons. The first-order chi connectivity index (χ1) is 11.7. The van der Waals surface area contributed by atoms with Gasteiger partial charge in [-0.25, -0.2) is 0 Å². The molecule has 1 N–H and O–H groups in total. The van der Waals surface area contributed by atoms with E-state index in [0.29, 0.717) is 42.2 Å². The normalized spacial score (nSPS) is 22.3. The van der Waals surface area contributed by atoms with Gasteiger partial charge in [-0.1, -0.05) is 6.07 Å². The van der Waals surface area contributed by atoms with Gasteiger partial charge >= 0.3 is 0 Å². The van der Waals surface area contributed by atoms with Gasteiger partial charge in [0.05, 0.1) is 19.9 Å². The first-order valence-electron chi connectivity index (χ1n) is 7.75. The molecule has 0 radical (unpaired) electrons. The lowest BCUT2D eigenvalue weighted by molar-refractivity contribution is -0.124. The fraction of sp³-hybridized carbons (Fsp3) is 0.375. The summed E-state index contributed by atoms with van der Waals surface area (Å²) in [6.07, 6.45) is 1.77. The highest BCUT2D eigenvalue weighted by molar-refractivity contribution is 7.80. The molecule has 3 aliphatic rings. The highest BCUT2D eigenvalue weighted by Crippen LogP contribution is 2.33. The minimum Gasteiger partial charge on any atom is -0.454 e. The van der Waals surface area contributed by atoms with Gasteiger partial charge in [0, 0.05) is 13.1 Å². The number of hydrogen-bond acceptors (Lipinski definition) is 6. The molecule has 0 bridgehead atoms. The summed E-state index contributed by atoms with van der Waals surface area (Å²) in [6.45, 7) is 3.67. The van der Waals surface area contributed by atoms with Crippen LogP contribution in [0.25, 0.3) is 6.08 Å². The molecule has 0 atom stereocenters. The van der Waals surface area contributed by atoms with E-state index < -0.39 is 0 Å². The van der Waals surface area contributed by atoms with Crippen molar-refractivity contribution in [3.05, 3.63) is 29.5 Å². The van der Waals surface area contributed by atoms with Gasteiger partial charge in [0.25, 0.3) is 5.91 Å². The monoisotopic (exact) mass is 347 g/mol. The van der Waals surface area contributed by atoms with Crippen molar-refractivity contribution in [2.24, 2.45) is 0 Å². The molecule has 1 aromatic carbocycles. The van der Waals surface area contributed by atoms with Crippen LogP contribution in [0.4, 0.5) is 0 Å². The maximum atomic E-state index is 12.6. The number of ether oxygens (including phenoxy) is 3. The van der Waals surface area contributed by atoms with E-state index in [9.17, 15) is 4.79 Å². The Kier molecular flexibility index (Phi) is 4.09. The van der Waals surface area contributed by atoms with E-state index in [0.717, 1.165) is 18.7 Å². The van der Waals surface area contributed by atoms with Crippen molar-refractivity contribution in [3.8, 4) is 11.5 Å². The molecule has 7 nitrogen and oxygen atoms in total. The molecule has 0 unspecified atom stereocenters. The SMILES string of the molecule is O=C1C(=Cc2ccc3c(c2)OCO3)NC(=S)N1CN1CCOCC1. The Morgan fingerprint density at radius 2 is 2.00 bits per heavy atom. The number of carbonyl (C=O) groups excluding carboxylic acids is 1. The van der Waals surface area contributed by atoms with E-state index in [1.54, 1.807) is 11.0 Å². The number of hydrogen-bond donors (Lipinski definition) is 1. The van der Waals surface area contributed by atoms with Crippen LogP contribution < -0.4 is 14.8 Å². The molecule has 0 spiro atoms. The van der Waals surface area contributed by atoms with Crippen LogP contribution in [0, 0.1) is 0 Å². The van der Waals surface area contributed by atoms with E-state index >= 15 is 0 Å². The van der Waals surface area contributed by atoms with Gasteiger partial charge in [0.15, 0.2) is 16.6 Å². The Morgan fingerprint density at radius 1 is 1.21 bits per heavy atom. The minimum absolute atomic E-state index is 0.121. The summed E-state index contributed by atoms with van der Waals surface area (Å²) in [5.41, 5.74) is 1.32. The summed E-state index contributed by atoms with van der Waals surface area (Å²) >= 11 is 5.31. The maximum absolute atomic E-state index is 12.6. The molecule has 2 fully saturated rings. The van der Waals surface area contributed by atoms with Crippen LogP contribution in [0.2, 0.25) is 0 Å². The summed E-state index contributed by atoms with van der Waals surface area (Å²) in [5, 5.41) is 3.43. The van der Waals surface area contributed by atoms with Gasteiger partial charge in [-0.3, -0.25) is 14.6 Å². The van der Waals surface area contributed by atoms with E-state index in [2.05, 4.69) is 10.2 Å². The molecule has 1 aromatic rings. The molecule has 0 aliphatic carbocycles. The van der Waals surface area contributed by atoms with Gasteiger partial charge in [-0.05, 0) is 36.0 Å². The number of benzene rings is 1. The number of morpholine rings is 1. The third-order valence-corrected chi connectivity index (χ3v) is 4.44. The summed E-state index contributed by atoms with van der Waals surface area (Å²) in [6, 6.07) is 5.55. The first-order valence-corrected chi connectivity index (χ1v) is 8.16. The topological polar surface area (TPSA) is 63.3 Å². The molecule has 24 heavy (non-hydrogen) atoms. The molecule has 1 amide bonds. The molecule has 4 rings (SSSR count). The smallest absolute Gasteiger partial charge is 0.277 e. The van der Waals surface area contributed by atoms with Crippen molar-refractivity contribution in [1.29, 1.82) is 0 Å². The van der Waals surface area contributed by atoms with Crippen LogP contribution >= 0.6 is 12.2 Å². The number of fused-ring (bicyclic) bond motifs is 1. The van der Waals surface area contributed by atoms with Gasteiger partial charge in [-0.2, -0.15) is 0 Å². The summed E-state index contributed by atoms with van der Waals surface area (Å²) < 4.78 is 16.0. The lowest BCUT2D eigenvalue weighted by Crippen LogP contribution is -2.46. The summed E-state index contributed by atoms with van der Waals surface area (Å²) in [4.78, 5) is 16.4. The average molecular weight is 347 g/mol. The lowest BCUT2D eigenvalue weighted by atomic mass is 10.1. The fourth-order valence-corrected chi connectivity index (χ4v) is 3.06.